The van der Waals surface area contributed by atoms with Gasteiger partial charge in [-0.1, -0.05) is 54.0 Å². The Balaban J connectivity index is 2.66. The second kappa shape index (κ2) is 5.13. The van der Waals surface area contributed by atoms with Crippen molar-refractivity contribution < 1.29 is 0 Å². The lowest BCUT2D eigenvalue weighted by atomic mass is 9.94. The Morgan fingerprint density at radius 1 is 1.18 bits per heavy atom. The lowest BCUT2D eigenvalue weighted by molar-refractivity contribution is 0.637. The highest BCUT2D eigenvalue weighted by molar-refractivity contribution is 9.09. The summed E-state index contributed by atoms with van der Waals surface area (Å²) in [5, 5.41) is 11.2. The van der Waals surface area contributed by atoms with Crippen LogP contribution >= 0.6 is 15.9 Å². The third-order valence-electron chi connectivity index (χ3n) is 3.25. The molecule has 1 aromatic carbocycles. The first kappa shape index (κ1) is 12.5. The van der Waals surface area contributed by atoms with Crippen LogP contribution in [0.1, 0.15) is 37.6 Å². The smallest absolute Gasteiger partial charge is 0.0751 e. The first-order chi connectivity index (χ1) is 8.15. The van der Waals surface area contributed by atoms with Crippen molar-refractivity contribution in [3.05, 3.63) is 35.7 Å². The van der Waals surface area contributed by atoms with Gasteiger partial charge >= 0.3 is 0 Å². The summed E-state index contributed by atoms with van der Waals surface area (Å²) in [7, 11) is 0. The van der Waals surface area contributed by atoms with Crippen LogP contribution in [-0.4, -0.2) is 15.0 Å². The summed E-state index contributed by atoms with van der Waals surface area (Å²) in [5.74, 6) is 0.410. The van der Waals surface area contributed by atoms with Gasteiger partial charge in [0.05, 0.1) is 11.4 Å². The van der Waals surface area contributed by atoms with Crippen molar-refractivity contribution in [1.82, 2.24) is 10.2 Å². The summed E-state index contributed by atoms with van der Waals surface area (Å²) in [4.78, 5) is 0.410. The van der Waals surface area contributed by atoms with Crippen LogP contribution in [0, 0.1) is 6.92 Å². The fourth-order valence-corrected chi connectivity index (χ4v) is 2.89. The molecule has 2 aromatic rings. The van der Waals surface area contributed by atoms with E-state index < -0.39 is 0 Å². The van der Waals surface area contributed by atoms with Gasteiger partial charge < -0.3 is 0 Å². The molecule has 0 saturated carbocycles. The van der Waals surface area contributed by atoms with E-state index >= 15 is 0 Å². The Hall–Kier alpha value is -0.960. The third kappa shape index (κ3) is 2.34. The lowest BCUT2D eigenvalue weighted by Gasteiger charge is -2.18. The maximum absolute atomic E-state index is 4.42. The van der Waals surface area contributed by atoms with E-state index in [0.717, 1.165) is 17.8 Å². The van der Waals surface area contributed by atoms with Gasteiger partial charge in [0.15, 0.2) is 0 Å². The van der Waals surface area contributed by atoms with E-state index in [1.807, 2.05) is 6.92 Å². The highest BCUT2D eigenvalue weighted by Gasteiger charge is 2.20. The fraction of sp³-hybridized carbons (Fsp3) is 0.429. The Morgan fingerprint density at radius 3 is 2.41 bits per heavy atom. The quantitative estimate of drug-likeness (QED) is 0.792. The third-order valence-corrected chi connectivity index (χ3v) is 3.88. The van der Waals surface area contributed by atoms with Gasteiger partial charge in [0, 0.05) is 21.5 Å². The van der Waals surface area contributed by atoms with E-state index in [2.05, 4.69) is 64.2 Å². The molecule has 17 heavy (non-hydrogen) atoms. The van der Waals surface area contributed by atoms with Crippen LogP contribution in [0.15, 0.2) is 24.3 Å². The predicted molar refractivity (Wildman–Crippen MR) is 75.7 cm³/mol. The topological polar surface area (TPSA) is 25.8 Å². The molecule has 1 heterocycles. The molecule has 0 spiro atoms. The molecule has 0 bridgehead atoms. The van der Waals surface area contributed by atoms with Crippen LogP contribution in [0.5, 0.6) is 0 Å². The largest absolute Gasteiger partial charge is 0.155 e. The Morgan fingerprint density at radius 2 is 1.82 bits per heavy atom. The van der Waals surface area contributed by atoms with Crippen LogP contribution in [0.2, 0.25) is 0 Å². The normalized spacial score (nSPS) is 14.8. The number of benzene rings is 1. The minimum absolute atomic E-state index is 0.410. The second-order valence-corrected chi connectivity index (χ2v) is 5.85. The number of aryl methyl sites for hydroxylation is 1. The van der Waals surface area contributed by atoms with Gasteiger partial charge in [0.2, 0.25) is 0 Å². The average molecular weight is 293 g/mol. The summed E-state index contributed by atoms with van der Waals surface area (Å²) in [5.41, 5.74) is 2.11. The molecule has 90 valence electrons. The summed E-state index contributed by atoms with van der Waals surface area (Å²) < 4.78 is 0. The van der Waals surface area contributed by atoms with Crippen molar-refractivity contribution in [2.24, 2.45) is 0 Å². The molecule has 1 aromatic heterocycles. The van der Waals surface area contributed by atoms with Gasteiger partial charge in [0.25, 0.3) is 0 Å². The minimum Gasteiger partial charge on any atom is -0.155 e. The van der Waals surface area contributed by atoms with Gasteiger partial charge in [-0.3, -0.25) is 0 Å². The van der Waals surface area contributed by atoms with Crippen LogP contribution in [0.3, 0.4) is 0 Å². The van der Waals surface area contributed by atoms with Crippen LogP contribution < -0.4 is 0 Å². The molecule has 0 amide bonds. The molecule has 3 heteroatoms. The van der Waals surface area contributed by atoms with Gasteiger partial charge in [0.1, 0.15) is 0 Å². The van der Waals surface area contributed by atoms with Crippen molar-refractivity contribution in [1.29, 1.82) is 0 Å². The molecular weight excluding hydrogens is 276 g/mol. The minimum atomic E-state index is 0.410. The number of fused-ring (bicyclic) bond motifs is 1. The predicted octanol–water partition coefficient (Wildman–Crippen LogP) is 4.22. The SMILES string of the molecule is CCC(c1nnc(C)c2ccccc12)C(C)Br. The standard InChI is InChI=1S/C14H17BrN2/c1-4-11(9(2)15)14-13-8-6-5-7-12(13)10(3)16-17-14/h5-9,11H,4H2,1-3H3. The van der Waals surface area contributed by atoms with Crippen molar-refractivity contribution in [2.45, 2.75) is 37.9 Å². The fourth-order valence-electron chi connectivity index (χ4n) is 2.27. The maximum Gasteiger partial charge on any atom is 0.0751 e. The second-order valence-electron chi connectivity index (χ2n) is 4.41. The number of alkyl halides is 1. The van der Waals surface area contributed by atoms with Gasteiger partial charge in [-0.05, 0) is 13.3 Å². The molecule has 0 aliphatic carbocycles. The molecule has 2 atom stereocenters. The summed E-state index contributed by atoms with van der Waals surface area (Å²) in [6.45, 7) is 6.38. The number of hydrogen-bond acceptors (Lipinski definition) is 2. The summed E-state index contributed by atoms with van der Waals surface area (Å²) in [6, 6.07) is 8.39. The van der Waals surface area contributed by atoms with Crippen molar-refractivity contribution in [2.75, 3.05) is 0 Å². The van der Waals surface area contributed by atoms with E-state index in [-0.39, 0.29) is 0 Å². The van der Waals surface area contributed by atoms with Gasteiger partial charge in [-0.25, -0.2) is 0 Å². The molecular formula is C14H17BrN2. The molecule has 0 N–H and O–H groups in total. The van der Waals surface area contributed by atoms with Crippen molar-refractivity contribution in [3.8, 4) is 0 Å². The molecule has 0 radical (unpaired) electrons. The number of nitrogens with zero attached hydrogens (tertiary/aromatic N) is 2. The number of aromatic nitrogens is 2. The van der Waals surface area contributed by atoms with E-state index in [1.54, 1.807) is 0 Å². The Bertz CT molecular complexity index is 523. The van der Waals surface area contributed by atoms with Crippen LogP contribution in [0.4, 0.5) is 0 Å². The summed E-state index contributed by atoms with van der Waals surface area (Å²) >= 11 is 3.67. The van der Waals surface area contributed by atoms with Crippen molar-refractivity contribution in [3.63, 3.8) is 0 Å². The van der Waals surface area contributed by atoms with Crippen LogP contribution in [-0.2, 0) is 0 Å². The van der Waals surface area contributed by atoms with Crippen LogP contribution in [0.25, 0.3) is 10.8 Å². The highest BCUT2D eigenvalue weighted by atomic mass is 79.9. The molecule has 2 nitrogen and oxygen atoms in total. The molecule has 2 unspecified atom stereocenters. The van der Waals surface area contributed by atoms with E-state index in [4.69, 9.17) is 0 Å². The van der Waals surface area contributed by atoms with E-state index in [1.165, 1.54) is 10.8 Å². The van der Waals surface area contributed by atoms with Crippen molar-refractivity contribution >= 4 is 26.7 Å². The molecule has 0 fully saturated rings. The molecule has 2 rings (SSSR count). The average Bonchev–Trinajstić information content (AvgIpc) is 2.33. The van der Waals surface area contributed by atoms with E-state index in [0.29, 0.717) is 10.7 Å². The zero-order chi connectivity index (χ0) is 12.4. The van der Waals surface area contributed by atoms with E-state index in [9.17, 15) is 0 Å². The Labute approximate surface area is 111 Å². The first-order valence-corrected chi connectivity index (χ1v) is 6.92. The summed E-state index contributed by atoms with van der Waals surface area (Å²) in [6.07, 6.45) is 1.06. The van der Waals surface area contributed by atoms with Gasteiger partial charge in [-0.15, -0.1) is 0 Å². The molecule has 0 aliphatic heterocycles. The number of halogens is 1. The van der Waals surface area contributed by atoms with Gasteiger partial charge in [-0.2, -0.15) is 10.2 Å². The molecule has 0 saturated heterocycles. The first-order valence-electron chi connectivity index (χ1n) is 6.01. The molecule has 0 aliphatic rings. The zero-order valence-corrected chi connectivity index (χ0v) is 12.0. The lowest BCUT2D eigenvalue weighted by Crippen LogP contribution is -2.11. The highest BCUT2D eigenvalue weighted by Crippen LogP contribution is 2.31. The monoisotopic (exact) mass is 292 g/mol. The zero-order valence-electron chi connectivity index (χ0n) is 10.4. The number of rotatable bonds is 3. The maximum atomic E-state index is 4.42. The Kier molecular flexibility index (Phi) is 3.77. The number of hydrogen-bond donors (Lipinski definition) is 0.